The quantitative estimate of drug-likeness (QED) is 0.712. The van der Waals surface area contributed by atoms with Crippen LogP contribution in [0.3, 0.4) is 0 Å². The predicted octanol–water partition coefficient (Wildman–Crippen LogP) is 4.21. The first-order chi connectivity index (χ1) is 12.6. The summed E-state index contributed by atoms with van der Waals surface area (Å²) in [6.07, 6.45) is 4.12. The number of ether oxygens (including phenoxy) is 5. The van der Waals surface area contributed by atoms with E-state index in [1.807, 2.05) is 32.0 Å². The molecule has 5 heteroatoms. The Hall–Kier alpha value is -2.82. The largest absolute Gasteiger partial charge is 0.492 e. The minimum atomic E-state index is -0.306. The molecule has 2 atom stereocenters. The third kappa shape index (κ3) is 1.91. The van der Waals surface area contributed by atoms with Gasteiger partial charge in [-0.25, -0.2) is 0 Å². The van der Waals surface area contributed by atoms with E-state index >= 15 is 0 Å². The molecule has 5 nitrogen and oxygen atoms in total. The van der Waals surface area contributed by atoms with E-state index in [1.54, 1.807) is 0 Å². The van der Waals surface area contributed by atoms with Gasteiger partial charge < -0.3 is 23.7 Å². The van der Waals surface area contributed by atoms with Crippen molar-refractivity contribution in [3.05, 3.63) is 47.0 Å². The molecule has 6 rings (SSSR count). The van der Waals surface area contributed by atoms with Gasteiger partial charge in [-0.15, -0.1) is 0 Å². The highest BCUT2D eigenvalue weighted by molar-refractivity contribution is 5.66. The molecule has 2 unspecified atom stereocenters. The van der Waals surface area contributed by atoms with E-state index in [0.717, 1.165) is 45.4 Å². The highest BCUT2D eigenvalue weighted by Gasteiger charge is 2.42. The van der Waals surface area contributed by atoms with Crippen molar-refractivity contribution < 1.29 is 23.7 Å². The summed E-state index contributed by atoms with van der Waals surface area (Å²) in [5.41, 5.74) is 2.93. The van der Waals surface area contributed by atoms with Crippen molar-refractivity contribution in [1.82, 2.24) is 0 Å². The normalized spacial score (nSPS) is 25.2. The molecule has 0 amide bonds. The van der Waals surface area contributed by atoms with Crippen LogP contribution >= 0.6 is 0 Å². The van der Waals surface area contributed by atoms with Gasteiger partial charge >= 0.3 is 0 Å². The summed E-state index contributed by atoms with van der Waals surface area (Å²) in [4.78, 5) is 0. The van der Waals surface area contributed by atoms with Crippen LogP contribution in [0, 0.1) is 0 Å². The Kier molecular flexibility index (Phi) is 2.58. The van der Waals surface area contributed by atoms with E-state index in [1.165, 1.54) is 0 Å². The van der Waals surface area contributed by atoms with Crippen LogP contribution in [0.15, 0.2) is 30.3 Å². The molecular weight excluding hydrogens is 332 g/mol. The summed E-state index contributed by atoms with van der Waals surface area (Å²) in [5.74, 6) is 4.21. The van der Waals surface area contributed by atoms with E-state index in [0.29, 0.717) is 6.61 Å². The molecule has 0 saturated carbocycles. The maximum absolute atomic E-state index is 6.31. The molecule has 132 valence electrons. The second kappa shape index (κ2) is 4.67. The lowest BCUT2D eigenvalue weighted by Crippen LogP contribution is -2.28. The van der Waals surface area contributed by atoms with Crippen molar-refractivity contribution in [1.29, 1.82) is 0 Å². The Morgan fingerprint density at radius 1 is 0.846 bits per heavy atom. The molecule has 0 fully saturated rings. The zero-order valence-electron chi connectivity index (χ0n) is 14.6. The Morgan fingerprint density at radius 2 is 1.65 bits per heavy atom. The molecule has 2 aromatic carbocycles. The fourth-order valence-corrected chi connectivity index (χ4v) is 4.12. The van der Waals surface area contributed by atoms with E-state index in [2.05, 4.69) is 18.2 Å². The number of hydrogen-bond donors (Lipinski definition) is 0. The van der Waals surface area contributed by atoms with Crippen molar-refractivity contribution in [3.8, 4) is 28.7 Å². The second-order valence-corrected chi connectivity index (χ2v) is 7.67. The van der Waals surface area contributed by atoms with Gasteiger partial charge in [-0.1, -0.05) is 6.08 Å². The van der Waals surface area contributed by atoms with Crippen molar-refractivity contribution in [2.24, 2.45) is 0 Å². The van der Waals surface area contributed by atoms with Crippen molar-refractivity contribution in [2.75, 3.05) is 13.4 Å². The van der Waals surface area contributed by atoms with Gasteiger partial charge in [0.15, 0.2) is 11.5 Å². The molecular formula is C21H18O5. The monoisotopic (exact) mass is 350 g/mol. The van der Waals surface area contributed by atoms with Gasteiger partial charge in [0, 0.05) is 28.8 Å². The molecule has 26 heavy (non-hydrogen) atoms. The van der Waals surface area contributed by atoms with Crippen LogP contribution < -0.4 is 23.7 Å². The van der Waals surface area contributed by atoms with Gasteiger partial charge in [-0.05, 0) is 32.1 Å². The molecule has 4 heterocycles. The van der Waals surface area contributed by atoms with Crippen LogP contribution in [-0.2, 0) is 0 Å². The molecule has 0 spiro atoms. The fraction of sp³-hybridized carbons (Fsp3) is 0.333. The molecule has 0 aromatic heterocycles. The Balaban J connectivity index is 1.43. The molecule has 0 bridgehead atoms. The SMILES string of the molecule is CC1(C)C=Cc2cc3c(cc2O1)OCC1c2cc4c(cc2OC31)OCO4. The summed E-state index contributed by atoms with van der Waals surface area (Å²) >= 11 is 0. The standard InChI is InChI=1S/C21H18O5/c1-21(2)4-3-11-5-13-16(7-15(11)26-21)22-9-14-12-6-18-19(24-10-23-18)8-17(12)25-20(13)14/h3-8,14,20H,9-10H2,1-2H3. The van der Waals surface area contributed by atoms with Crippen LogP contribution in [0.1, 0.15) is 42.6 Å². The zero-order chi connectivity index (χ0) is 17.5. The van der Waals surface area contributed by atoms with Crippen molar-refractivity contribution in [2.45, 2.75) is 31.5 Å². The van der Waals surface area contributed by atoms with Gasteiger partial charge in [0.1, 0.15) is 29.0 Å². The summed E-state index contributed by atoms with van der Waals surface area (Å²) in [5, 5.41) is 0. The Labute approximate surface area is 151 Å². The van der Waals surface area contributed by atoms with Gasteiger partial charge in [-0.3, -0.25) is 0 Å². The fourth-order valence-electron chi connectivity index (χ4n) is 4.12. The summed E-state index contributed by atoms with van der Waals surface area (Å²) < 4.78 is 29.5. The number of rotatable bonds is 0. The second-order valence-electron chi connectivity index (χ2n) is 7.67. The average molecular weight is 350 g/mol. The highest BCUT2D eigenvalue weighted by atomic mass is 16.7. The molecule has 0 N–H and O–H groups in total. The minimum Gasteiger partial charge on any atom is -0.492 e. The molecule has 0 saturated heterocycles. The van der Waals surface area contributed by atoms with Crippen LogP contribution in [0.25, 0.3) is 6.08 Å². The van der Waals surface area contributed by atoms with Gasteiger partial charge in [0.2, 0.25) is 6.79 Å². The zero-order valence-corrected chi connectivity index (χ0v) is 14.6. The molecule has 4 aliphatic rings. The average Bonchev–Trinajstić information content (AvgIpc) is 3.20. The third-order valence-electron chi connectivity index (χ3n) is 5.43. The van der Waals surface area contributed by atoms with E-state index in [4.69, 9.17) is 23.7 Å². The lowest BCUT2D eigenvalue weighted by Gasteiger charge is -2.32. The highest BCUT2D eigenvalue weighted by Crippen LogP contribution is 2.55. The summed E-state index contributed by atoms with van der Waals surface area (Å²) in [7, 11) is 0. The van der Waals surface area contributed by atoms with Crippen molar-refractivity contribution in [3.63, 3.8) is 0 Å². The first-order valence-corrected chi connectivity index (χ1v) is 8.87. The van der Waals surface area contributed by atoms with Gasteiger partial charge in [0.25, 0.3) is 0 Å². The van der Waals surface area contributed by atoms with Crippen LogP contribution in [0.4, 0.5) is 0 Å². The van der Waals surface area contributed by atoms with E-state index in [9.17, 15) is 0 Å². The first-order valence-electron chi connectivity index (χ1n) is 8.87. The van der Waals surface area contributed by atoms with Crippen molar-refractivity contribution >= 4 is 6.08 Å². The van der Waals surface area contributed by atoms with E-state index < -0.39 is 0 Å². The van der Waals surface area contributed by atoms with E-state index in [-0.39, 0.29) is 24.4 Å². The lowest BCUT2D eigenvalue weighted by atomic mass is 9.88. The topological polar surface area (TPSA) is 46.2 Å². The maximum Gasteiger partial charge on any atom is 0.231 e. The number of hydrogen-bond acceptors (Lipinski definition) is 5. The Morgan fingerprint density at radius 3 is 2.54 bits per heavy atom. The molecule has 2 aromatic rings. The lowest BCUT2D eigenvalue weighted by molar-refractivity contribution is 0.134. The summed E-state index contributed by atoms with van der Waals surface area (Å²) in [6, 6.07) is 8.07. The molecule has 0 radical (unpaired) electrons. The molecule has 4 aliphatic heterocycles. The summed E-state index contributed by atoms with van der Waals surface area (Å²) in [6.45, 7) is 4.93. The third-order valence-corrected chi connectivity index (χ3v) is 5.43. The molecule has 0 aliphatic carbocycles. The minimum absolute atomic E-state index is 0.0649. The maximum atomic E-state index is 6.31. The smallest absolute Gasteiger partial charge is 0.231 e. The Bertz CT molecular complexity index is 975. The number of fused-ring (bicyclic) bond motifs is 7. The predicted molar refractivity (Wildman–Crippen MR) is 94.4 cm³/mol. The van der Waals surface area contributed by atoms with Crippen LogP contribution in [0.2, 0.25) is 0 Å². The van der Waals surface area contributed by atoms with Crippen LogP contribution in [-0.4, -0.2) is 19.0 Å². The van der Waals surface area contributed by atoms with Gasteiger partial charge in [0.05, 0.1) is 12.5 Å². The van der Waals surface area contributed by atoms with Gasteiger partial charge in [-0.2, -0.15) is 0 Å². The first kappa shape index (κ1) is 14.4. The van der Waals surface area contributed by atoms with Crippen LogP contribution in [0.5, 0.6) is 28.7 Å². The number of benzene rings is 2.